The van der Waals surface area contributed by atoms with Gasteiger partial charge in [-0.3, -0.25) is 4.39 Å². The van der Waals surface area contributed by atoms with Gasteiger partial charge in [-0.1, -0.05) is 118 Å². The number of hydrogen-bond acceptors (Lipinski definition) is 5. The number of ether oxygens (including phenoxy) is 5. The van der Waals surface area contributed by atoms with Crippen LogP contribution in [0.4, 0.5) is 22.0 Å². The highest BCUT2D eigenvalue weighted by molar-refractivity contribution is 9.10. The van der Waals surface area contributed by atoms with Crippen molar-refractivity contribution in [3.05, 3.63) is 165 Å². The van der Waals surface area contributed by atoms with Crippen LogP contribution in [0.2, 0.25) is 16.6 Å². The molecule has 0 amide bonds. The lowest BCUT2D eigenvalue weighted by molar-refractivity contribution is -0.0505. The summed E-state index contributed by atoms with van der Waals surface area (Å²) >= 11 is 3.17. The maximum Gasteiger partial charge on any atom is 0.387 e. The molecule has 0 unspecified atom stereocenters. The zero-order valence-corrected chi connectivity index (χ0v) is 52.7. The van der Waals surface area contributed by atoms with Crippen LogP contribution in [-0.2, 0) is 14.2 Å². The largest absolute Gasteiger partial charge is 0.435 e. The summed E-state index contributed by atoms with van der Waals surface area (Å²) in [6.07, 6.45) is 18.3. The Morgan fingerprint density at radius 1 is 0.530 bits per heavy atom. The maximum absolute atomic E-state index is 12.2. The van der Waals surface area contributed by atoms with Crippen molar-refractivity contribution in [1.82, 2.24) is 0 Å². The van der Waals surface area contributed by atoms with Gasteiger partial charge in [0.1, 0.15) is 19.6 Å². The smallest absolute Gasteiger partial charge is 0.387 e. The number of hydrogen-bond donors (Lipinski definition) is 0. The Kier molecular flexibility index (Phi) is 30.0. The molecule has 448 valence electrons. The SMILES string of the molecule is C#Cc1cccc(C2CC(CCF)C2)c1.C1CCOC1.COCCC1CC(c2cccc(C#C[Si](C(C)C)(C(C)C)C(C)C)c2)C1.COCCC1CC(c2cccc(C#Cc3ccc(OC(F)F)cc3)c2)C1.FC(F)Oc1ccc(Br)cc1. The van der Waals surface area contributed by atoms with Crippen LogP contribution in [0, 0.1) is 53.4 Å². The Hall–Kier alpha value is -5.39. The van der Waals surface area contributed by atoms with Gasteiger partial charge < -0.3 is 23.7 Å². The summed E-state index contributed by atoms with van der Waals surface area (Å²) in [6, 6.07) is 38.1. The Morgan fingerprint density at radius 2 is 0.916 bits per heavy atom. The second-order valence-electron chi connectivity index (χ2n) is 23.1. The summed E-state index contributed by atoms with van der Waals surface area (Å²) in [4.78, 5) is 0. The van der Waals surface area contributed by atoms with Crippen LogP contribution in [0.3, 0.4) is 0 Å². The first-order valence-corrected chi connectivity index (χ1v) is 32.7. The predicted molar refractivity (Wildman–Crippen MR) is 335 cm³/mol. The molecule has 83 heavy (non-hydrogen) atoms. The van der Waals surface area contributed by atoms with E-state index in [0.717, 1.165) is 91.0 Å². The molecule has 0 atom stereocenters. The van der Waals surface area contributed by atoms with E-state index in [1.165, 1.54) is 91.5 Å². The monoisotopic (exact) mass is 1220 g/mol. The van der Waals surface area contributed by atoms with Gasteiger partial charge >= 0.3 is 13.2 Å². The highest BCUT2D eigenvalue weighted by Crippen LogP contribution is 2.46. The van der Waals surface area contributed by atoms with E-state index < -0.39 is 21.3 Å². The number of rotatable bonds is 18. The summed E-state index contributed by atoms with van der Waals surface area (Å²) in [5, 5.41) is 0. The van der Waals surface area contributed by atoms with Gasteiger partial charge in [-0.05, 0) is 224 Å². The first-order chi connectivity index (χ1) is 40.0. The zero-order chi connectivity index (χ0) is 60.2. The average Bonchev–Trinajstić information content (AvgIpc) is 4.13. The molecule has 5 aromatic carbocycles. The van der Waals surface area contributed by atoms with Crippen LogP contribution in [-0.4, -0.2) is 68.6 Å². The first kappa shape index (κ1) is 68.4. The minimum absolute atomic E-state index is 0.139. The fraction of sp³-hybridized carbons (Fsp3) is 0.493. The summed E-state index contributed by atoms with van der Waals surface area (Å²) in [7, 11) is 1.90. The Bertz CT molecular complexity index is 2780. The predicted octanol–water partition coefficient (Wildman–Crippen LogP) is 19.4. The lowest BCUT2D eigenvalue weighted by Gasteiger charge is -2.38. The zero-order valence-electron chi connectivity index (χ0n) is 50.1. The molecule has 0 aromatic heterocycles. The summed E-state index contributed by atoms with van der Waals surface area (Å²) in [5.74, 6) is 16.9. The van der Waals surface area contributed by atoms with Gasteiger partial charge in [0, 0.05) is 67.4 Å². The van der Waals surface area contributed by atoms with Crippen LogP contribution < -0.4 is 9.47 Å². The van der Waals surface area contributed by atoms with E-state index >= 15 is 0 Å². The van der Waals surface area contributed by atoms with E-state index in [-0.39, 0.29) is 18.2 Å². The molecule has 1 saturated heterocycles. The van der Waals surface area contributed by atoms with Crippen LogP contribution in [0.15, 0.2) is 126 Å². The van der Waals surface area contributed by atoms with Gasteiger partial charge in [0.2, 0.25) is 0 Å². The summed E-state index contributed by atoms with van der Waals surface area (Å²) < 4.78 is 84.2. The molecule has 3 saturated carbocycles. The van der Waals surface area contributed by atoms with E-state index in [1.807, 2.05) is 24.3 Å². The van der Waals surface area contributed by atoms with Crippen LogP contribution in [0.5, 0.6) is 11.5 Å². The molecule has 1 aliphatic heterocycles. The van der Waals surface area contributed by atoms with Crippen molar-refractivity contribution >= 4 is 24.0 Å². The van der Waals surface area contributed by atoms with Gasteiger partial charge in [0.05, 0.1) is 6.67 Å². The second-order valence-corrected chi connectivity index (χ2v) is 29.6. The quantitative estimate of drug-likeness (QED) is 0.0497. The summed E-state index contributed by atoms with van der Waals surface area (Å²) in [6.45, 7) is 12.3. The molecule has 0 radical (unpaired) electrons. The maximum atomic E-state index is 12.2. The molecule has 4 aliphatic rings. The molecule has 0 spiro atoms. The Labute approximate surface area is 503 Å². The van der Waals surface area contributed by atoms with Crippen molar-refractivity contribution in [3.8, 4) is 47.1 Å². The molecule has 0 N–H and O–H groups in total. The molecule has 4 fully saturated rings. The third-order valence-corrected chi connectivity index (χ3v) is 23.3. The van der Waals surface area contributed by atoms with Crippen molar-refractivity contribution < 1.29 is 45.6 Å². The van der Waals surface area contributed by atoms with Gasteiger partial charge in [-0.2, -0.15) is 17.6 Å². The van der Waals surface area contributed by atoms with Crippen LogP contribution in [0.25, 0.3) is 0 Å². The third kappa shape index (κ3) is 23.2. The third-order valence-electron chi connectivity index (χ3n) is 16.5. The van der Waals surface area contributed by atoms with Crippen molar-refractivity contribution in [2.45, 2.75) is 160 Å². The molecule has 1 heterocycles. The van der Waals surface area contributed by atoms with Crippen molar-refractivity contribution in [2.75, 3.05) is 47.3 Å². The molecule has 5 aromatic rings. The highest BCUT2D eigenvalue weighted by atomic mass is 79.9. The summed E-state index contributed by atoms with van der Waals surface area (Å²) in [5.41, 5.74) is 13.9. The molecule has 12 heteroatoms. The minimum Gasteiger partial charge on any atom is -0.435 e. The molecule has 5 nitrogen and oxygen atoms in total. The van der Waals surface area contributed by atoms with E-state index in [9.17, 15) is 22.0 Å². The molecule has 0 bridgehead atoms. The van der Waals surface area contributed by atoms with Crippen molar-refractivity contribution in [2.24, 2.45) is 17.8 Å². The van der Waals surface area contributed by atoms with Crippen LogP contribution >= 0.6 is 15.9 Å². The second kappa shape index (κ2) is 36.5. The van der Waals surface area contributed by atoms with E-state index in [1.54, 1.807) is 38.5 Å². The first-order valence-electron chi connectivity index (χ1n) is 29.6. The standard InChI is InChI=1S/C24H38OSi.C22H22F2O2.C14H15F.C7H5BrF2O.C4H8O/c1-18(2)26(19(3)4,20(5)6)14-12-21-9-8-10-23(15-21)24-16-22(17-24)11-13-25-7;1-25-12-11-18-14-20(15-18)19-4-2-3-17(13-19)6-5-16-7-9-21(10-8-16)26-22(23)24;1-2-11-4-3-5-13(8-11)14-9-12(10-14)6-7-15;8-5-1-3-6(4-2-5)11-7(9)10;1-2-4-5-3-1/h8-10,15,18-20,22,24H,11,13,16-17H2,1-7H3;2-4,7-10,13,18,20,22H,11-12,14-15H2,1H3;1,3-5,8,12,14H,6-7,9-10H2;1-4,7H;1-4H2. The molecule has 3 aliphatic carbocycles. The number of methoxy groups -OCH3 is 2. The van der Waals surface area contributed by atoms with Crippen molar-refractivity contribution in [1.29, 1.82) is 0 Å². The number of halogens is 6. The Morgan fingerprint density at radius 3 is 1.29 bits per heavy atom. The highest BCUT2D eigenvalue weighted by Gasteiger charge is 2.42. The van der Waals surface area contributed by atoms with Gasteiger partial charge in [-0.15, -0.1) is 12.0 Å². The van der Waals surface area contributed by atoms with Crippen molar-refractivity contribution in [3.63, 3.8) is 0 Å². The minimum atomic E-state index is -2.81. The Balaban J connectivity index is 0.000000205. The lowest BCUT2D eigenvalue weighted by atomic mass is 9.70. The topological polar surface area (TPSA) is 46.2 Å². The van der Waals surface area contributed by atoms with E-state index in [0.29, 0.717) is 34.4 Å². The number of benzene rings is 5. The average molecular weight is 1220 g/mol. The van der Waals surface area contributed by atoms with E-state index in [2.05, 4.69) is 145 Å². The normalized spacial score (nSPS) is 19.4. The number of terminal acetylenes is 1. The van der Waals surface area contributed by atoms with E-state index in [4.69, 9.17) is 20.6 Å². The fourth-order valence-electron chi connectivity index (χ4n) is 11.7. The van der Waals surface area contributed by atoms with Gasteiger partial charge in [0.25, 0.3) is 0 Å². The molecular weight excluding hydrogens is 1140 g/mol. The van der Waals surface area contributed by atoms with Gasteiger partial charge in [-0.25, -0.2) is 0 Å². The molecular formula is C71H88BrF5O5Si. The van der Waals surface area contributed by atoms with Crippen LogP contribution in [0.1, 0.15) is 169 Å². The fourth-order valence-corrected chi connectivity index (χ4v) is 17.2. The number of alkyl halides is 5. The van der Waals surface area contributed by atoms with Gasteiger partial charge in [0.15, 0.2) is 0 Å². The lowest BCUT2D eigenvalue weighted by Crippen LogP contribution is -2.43. The molecule has 9 rings (SSSR count).